The largest absolute Gasteiger partial charge is 0.496 e. The van der Waals surface area contributed by atoms with Gasteiger partial charge in [-0.15, -0.1) is 0 Å². The van der Waals surface area contributed by atoms with Gasteiger partial charge in [-0.05, 0) is 30.3 Å². The minimum Gasteiger partial charge on any atom is -0.496 e. The second-order valence-corrected chi connectivity index (χ2v) is 4.75. The Bertz CT molecular complexity index is 673. The molecule has 0 radical (unpaired) electrons. The van der Waals surface area contributed by atoms with E-state index in [-0.39, 0.29) is 0 Å². The third kappa shape index (κ3) is 1.88. The van der Waals surface area contributed by atoms with Crippen LogP contribution in [0.2, 0.25) is 0 Å². The lowest BCUT2D eigenvalue weighted by molar-refractivity contribution is 0.414. The maximum Gasteiger partial charge on any atom is 0.231 e. The summed E-state index contributed by atoms with van der Waals surface area (Å²) in [6.45, 7) is 0. The zero-order valence-electron chi connectivity index (χ0n) is 9.68. The minimum absolute atomic E-state index is 0.564. The number of para-hydroxylation sites is 2. The first-order valence-corrected chi connectivity index (χ1v) is 6.27. The molecular weight excluding hydrogens is 294 g/mol. The number of ether oxygens (including phenoxy) is 1. The summed E-state index contributed by atoms with van der Waals surface area (Å²) in [7, 11) is 1.63. The molecule has 3 rings (SSSR count). The second kappa shape index (κ2) is 4.46. The molecule has 0 saturated carbocycles. The number of methoxy groups -OCH3 is 1. The van der Waals surface area contributed by atoms with Crippen molar-refractivity contribution in [3.05, 3.63) is 46.9 Å². The zero-order chi connectivity index (χ0) is 12.5. The first-order chi connectivity index (χ1) is 8.78. The summed E-state index contributed by atoms with van der Waals surface area (Å²) in [5.74, 6) is 1.30. The van der Waals surface area contributed by atoms with Gasteiger partial charge in [0.05, 0.1) is 12.7 Å². The SMILES string of the molecule is COc1ccc(Br)cc1-c1nc2ccccc2o1. The molecule has 0 aliphatic carbocycles. The molecule has 0 aliphatic rings. The molecule has 18 heavy (non-hydrogen) atoms. The van der Waals surface area contributed by atoms with Gasteiger partial charge >= 0.3 is 0 Å². The molecule has 0 N–H and O–H groups in total. The number of rotatable bonds is 2. The molecule has 3 nitrogen and oxygen atoms in total. The van der Waals surface area contributed by atoms with E-state index in [2.05, 4.69) is 20.9 Å². The van der Waals surface area contributed by atoms with Crippen LogP contribution in [-0.2, 0) is 0 Å². The summed E-state index contributed by atoms with van der Waals surface area (Å²) < 4.78 is 12.0. The molecule has 2 aromatic carbocycles. The summed E-state index contributed by atoms with van der Waals surface area (Å²) in [6.07, 6.45) is 0. The fourth-order valence-electron chi connectivity index (χ4n) is 1.83. The third-order valence-electron chi connectivity index (χ3n) is 2.69. The van der Waals surface area contributed by atoms with Crippen LogP contribution in [0.4, 0.5) is 0 Å². The average Bonchev–Trinajstić information content (AvgIpc) is 2.82. The predicted molar refractivity (Wildman–Crippen MR) is 73.7 cm³/mol. The number of aromatic nitrogens is 1. The Morgan fingerprint density at radius 1 is 1.17 bits per heavy atom. The van der Waals surface area contributed by atoms with Gasteiger partial charge in [0.1, 0.15) is 11.3 Å². The topological polar surface area (TPSA) is 35.3 Å². The van der Waals surface area contributed by atoms with Gasteiger partial charge < -0.3 is 9.15 Å². The normalized spacial score (nSPS) is 10.8. The smallest absolute Gasteiger partial charge is 0.231 e. The standard InChI is InChI=1S/C14H10BrNO2/c1-17-12-7-6-9(15)8-10(12)14-16-11-4-2-3-5-13(11)18-14/h2-8H,1H3. The second-order valence-electron chi connectivity index (χ2n) is 3.83. The van der Waals surface area contributed by atoms with Crippen molar-refractivity contribution in [3.8, 4) is 17.2 Å². The number of halogens is 1. The predicted octanol–water partition coefficient (Wildman–Crippen LogP) is 4.27. The van der Waals surface area contributed by atoms with Crippen LogP contribution in [0.15, 0.2) is 51.4 Å². The number of hydrogen-bond acceptors (Lipinski definition) is 3. The zero-order valence-corrected chi connectivity index (χ0v) is 11.3. The Kier molecular flexibility index (Phi) is 2.80. The molecule has 1 aromatic heterocycles. The summed E-state index contributed by atoms with van der Waals surface area (Å²) >= 11 is 3.44. The maximum absolute atomic E-state index is 5.74. The van der Waals surface area contributed by atoms with Crippen LogP contribution in [0.3, 0.4) is 0 Å². The Labute approximate surface area is 113 Å². The van der Waals surface area contributed by atoms with Crippen molar-refractivity contribution in [2.24, 2.45) is 0 Å². The lowest BCUT2D eigenvalue weighted by atomic mass is 10.2. The highest BCUT2D eigenvalue weighted by molar-refractivity contribution is 9.10. The van der Waals surface area contributed by atoms with Gasteiger partial charge in [-0.25, -0.2) is 4.98 Å². The molecule has 0 atom stereocenters. The summed E-state index contributed by atoms with van der Waals surface area (Å²) in [5, 5.41) is 0. The summed E-state index contributed by atoms with van der Waals surface area (Å²) in [6, 6.07) is 13.4. The third-order valence-corrected chi connectivity index (χ3v) is 3.18. The molecule has 1 heterocycles. The summed E-state index contributed by atoms with van der Waals surface area (Å²) in [5.41, 5.74) is 2.45. The van der Waals surface area contributed by atoms with Crippen LogP contribution < -0.4 is 4.74 Å². The molecule has 4 heteroatoms. The fraction of sp³-hybridized carbons (Fsp3) is 0.0714. The fourth-order valence-corrected chi connectivity index (χ4v) is 2.20. The van der Waals surface area contributed by atoms with E-state index in [4.69, 9.17) is 9.15 Å². The molecule has 0 amide bonds. The van der Waals surface area contributed by atoms with Gasteiger partial charge in [-0.3, -0.25) is 0 Å². The van der Waals surface area contributed by atoms with Gasteiger partial charge in [0.25, 0.3) is 0 Å². The molecule has 0 saturated heterocycles. The lowest BCUT2D eigenvalue weighted by Crippen LogP contribution is -1.87. The van der Waals surface area contributed by atoms with E-state index in [1.54, 1.807) is 7.11 Å². The summed E-state index contributed by atoms with van der Waals surface area (Å²) in [4.78, 5) is 4.47. The van der Waals surface area contributed by atoms with E-state index in [0.717, 1.165) is 26.9 Å². The van der Waals surface area contributed by atoms with E-state index in [9.17, 15) is 0 Å². The van der Waals surface area contributed by atoms with E-state index in [1.807, 2.05) is 42.5 Å². The highest BCUT2D eigenvalue weighted by Gasteiger charge is 2.13. The van der Waals surface area contributed by atoms with E-state index < -0.39 is 0 Å². The highest BCUT2D eigenvalue weighted by Crippen LogP contribution is 2.33. The van der Waals surface area contributed by atoms with Crippen molar-refractivity contribution in [1.82, 2.24) is 4.98 Å². The van der Waals surface area contributed by atoms with Gasteiger partial charge in [0.2, 0.25) is 5.89 Å². The number of benzene rings is 2. The van der Waals surface area contributed by atoms with Crippen molar-refractivity contribution >= 4 is 27.0 Å². The molecule has 0 spiro atoms. The number of nitrogens with zero attached hydrogens (tertiary/aromatic N) is 1. The lowest BCUT2D eigenvalue weighted by Gasteiger charge is -2.05. The van der Waals surface area contributed by atoms with Gasteiger partial charge in [-0.2, -0.15) is 0 Å². The van der Waals surface area contributed by atoms with Gasteiger partial charge in [-0.1, -0.05) is 28.1 Å². The quantitative estimate of drug-likeness (QED) is 0.709. The number of hydrogen-bond donors (Lipinski definition) is 0. The van der Waals surface area contributed by atoms with Gasteiger partial charge in [0, 0.05) is 4.47 Å². The first kappa shape index (κ1) is 11.3. The van der Waals surface area contributed by atoms with Crippen LogP contribution in [0.25, 0.3) is 22.6 Å². The minimum atomic E-state index is 0.564. The maximum atomic E-state index is 5.74. The Morgan fingerprint density at radius 2 is 2.00 bits per heavy atom. The molecular formula is C14H10BrNO2. The van der Waals surface area contributed by atoms with Gasteiger partial charge in [0.15, 0.2) is 5.58 Å². The Morgan fingerprint density at radius 3 is 2.78 bits per heavy atom. The van der Waals surface area contributed by atoms with Crippen molar-refractivity contribution in [2.75, 3.05) is 7.11 Å². The molecule has 90 valence electrons. The Balaban J connectivity index is 2.22. The first-order valence-electron chi connectivity index (χ1n) is 5.47. The number of fused-ring (bicyclic) bond motifs is 1. The molecule has 3 aromatic rings. The van der Waals surface area contributed by atoms with E-state index in [0.29, 0.717) is 5.89 Å². The van der Waals surface area contributed by atoms with Crippen molar-refractivity contribution in [3.63, 3.8) is 0 Å². The molecule has 0 bridgehead atoms. The van der Waals surface area contributed by atoms with Crippen LogP contribution in [0, 0.1) is 0 Å². The van der Waals surface area contributed by atoms with Crippen LogP contribution >= 0.6 is 15.9 Å². The molecule has 0 fully saturated rings. The van der Waals surface area contributed by atoms with E-state index >= 15 is 0 Å². The number of oxazole rings is 1. The van der Waals surface area contributed by atoms with Crippen LogP contribution in [-0.4, -0.2) is 12.1 Å². The van der Waals surface area contributed by atoms with Crippen molar-refractivity contribution in [1.29, 1.82) is 0 Å². The molecule has 0 unspecified atom stereocenters. The van der Waals surface area contributed by atoms with Crippen LogP contribution in [0.1, 0.15) is 0 Å². The van der Waals surface area contributed by atoms with Crippen molar-refractivity contribution < 1.29 is 9.15 Å². The van der Waals surface area contributed by atoms with Crippen molar-refractivity contribution in [2.45, 2.75) is 0 Å². The Hall–Kier alpha value is -1.81. The average molecular weight is 304 g/mol. The monoisotopic (exact) mass is 303 g/mol. The highest BCUT2D eigenvalue weighted by atomic mass is 79.9. The van der Waals surface area contributed by atoms with Crippen LogP contribution in [0.5, 0.6) is 5.75 Å². The van der Waals surface area contributed by atoms with E-state index in [1.165, 1.54) is 0 Å². The molecule has 0 aliphatic heterocycles.